The molecule has 1 aromatic heterocycles. The van der Waals surface area contributed by atoms with E-state index in [1.54, 1.807) is 18.2 Å². The van der Waals surface area contributed by atoms with Crippen LogP contribution in [0, 0.1) is 0 Å². The van der Waals surface area contributed by atoms with Crippen molar-refractivity contribution in [2.75, 3.05) is 12.1 Å². The molecule has 146 valence electrons. The fraction of sp³-hybridized carbons (Fsp3) is 0.316. The first-order valence-electron chi connectivity index (χ1n) is 8.99. The highest BCUT2D eigenvalue weighted by atomic mass is 32.1. The van der Waals surface area contributed by atoms with Crippen LogP contribution < -0.4 is 25.8 Å². The van der Waals surface area contributed by atoms with Crippen molar-refractivity contribution in [3.05, 3.63) is 39.8 Å². The molecule has 0 spiro atoms. The minimum absolute atomic E-state index is 0.113. The highest BCUT2D eigenvalue weighted by Crippen LogP contribution is 2.37. The third kappa shape index (κ3) is 3.67. The predicted octanol–water partition coefficient (Wildman–Crippen LogP) is 2.97. The summed E-state index contributed by atoms with van der Waals surface area (Å²) in [5.74, 6) is 0.259. The summed E-state index contributed by atoms with van der Waals surface area (Å²) in [6.45, 7) is 0.138. The van der Waals surface area contributed by atoms with Crippen LogP contribution in [0.5, 0.6) is 11.5 Å². The summed E-state index contributed by atoms with van der Waals surface area (Å²) in [7, 11) is 0. The largest absolute Gasteiger partial charge is 0.454 e. The number of ether oxygens (including phenoxy) is 2. The number of amides is 2. The van der Waals surface area contributed by atoms with Crippen LogP contribution in [0.15, 0.2) is 18.2 Å². The Morgan fingerprint density at radius 2 is 1.89 bits per heavy atom. The minimum atomic E-state index is -0.480. The minimum Gasteiger partial charge on any atom is -0.454 e. The van der Waals surface area contributed by atoms with Crippen LogP contribution in [0.4, 0.5) is 5.00 Å². The van der Waals surface area contributed by atoms with Gasteiger partial charge >= 0.3 is 0 Å². The van der Waals surface area contributed by atoms with Crippen LogP contribution >= 0.6 is 23.6 Å². The average molecular weight is 418 g/mol. The Morgan fingerprint density at radius 1 is 1.11 bits per heavy atom. The number of thiophene rings is 1. The van der Waals surface area contributed by atoms with Crippen molar-refractivity contribution in [3.8, 4) is 11.5 Å². The molecule has 0 bridgehead atoms. The van der Waals surface area contributed by atoms with E-state index in [0.29, 0.717) is 27.6 Å². The zero-order valence-corrected chi connectivity index (χ0v) is 16.6. The smallest absolute Gasteiger partial charge is 0.257 e. The van der Waals surface area contributed by atoms with Crippen molar-refractivity contribution in [2.24, 2.45) is 5.73 Å². The van der Waals surface area contributed by atoms with Gasteiger partial charge in [0.15, 0.2) is 16.6 Å². The Balaban J connectivity index is 1.49. The van der Waals surface area contributed by atoms with Gasteiger partial charge in [-0.05, 0) is 61.7 Å². The number of nitrogens with two attached hydrogens (primary N) is 1. The first kappa shape index (κ1) is 18.7. The molecule has 2 aliphatic rings. The summed E-state index contributed by atoms with van der Waals surface area (Å²) in [5, 5.41) is 6.32. The van der Waals surface area contributed by atoms with Gasteiger partial charge in [-0.3, -0.25) is 14.9 Å². The van der Waals surface area contributed by atoms with Crippen molar-refractivity contribution in [1.82, 2.24) is 5.32 Å². The number of thiocarbonyl (C=S) groups is 1. The molecule has 0 saturated carbocycles. The van der Waals surface area contributed by atoms with Gasteiger partial charge < -0.3 is 20.5 Å². The summed E-state index contributed by atoms with van der Waals surface area (Å²) in [6.07, 6.45) is 5.04. The Labute approximate surface area is 171 Å². The second-order valence-corrected chi connectivity index (χ2v) is 8.12. The summed E-state index contributed by atoms with van der Waals surface area (Å²) < 4.78 is 10.5. The zero-order valence-electron chi connectivity index (χ0n) is 15.0. The number of benzene rings is 1. The molecule has 1 aromatic carbocycles. The zero-order chi connectivity index (χ0) is 19.7. The summed E-state index contributed by atoms with van der Waals surface area (Å²) in [6, 6.07) is 4.91. The number of carbonyl (C=O) groups excluding carboxylic acids is 2. The third-order valence-corrected chi connectivity index (χ3v) is 6.17. The van der Waals surface area contributed by atoms with E-state index >= 15 is 0 Å². The normalized spacial score (nSPS) is 14.7. The van der Waals surface area contributed by atoms with E-state index in [9.17, 15) is 9.59 Å². The van der Waals surface area contributed by atoms with Crippen LogP contribution in [0.2, 0.25) is 0 Å². The highest BCUT2D eigenvalue weighted by Gasteiger charge is 2.24. The number of rotatable bonds is 3. The Morgan fingerprint density at radius 3 is 2.71 bits per heavy atom. The Kier molecular flexibility index (Phi) is 5.19. The van der Waals surface area contributed by atoms with Gasteiger partial charge in [-0.15, -0.1) is 11.3 Å². The molecule has 7 nitrogen and oxygen atoms in total. The molecule has 1 aliphatic carbocycles. The summed E-state index contributed by atoms with van der Waals surface area (Å²) in [4.78, 5) is 25.7. The quantitative estimate of drug-likeness (QED) is 0.524. The van der Waals surface area contributed by atoms with Crippen molar-refractivity contribution in [3.63, 3.8) is 0 Å². The molecule has 0 atom stereocenters. The maximum atomic E-state index is 12.5. The first-order valence-corrected chi connectivity index (χ1v) is 10.2. The maximum Gasteiger partial charge on any atom is 0.257 e. The number of carbonyl (C=O) groups is 2. The predicted molar refractivity (Wildman–Crippen MR) is 110 cm³/mol. The van der Waals surface area contributed by atoms with E-state index in [2.05, 4.69) is 10.6 Å². The molecule has 1 aliphatic heterocycles. The van der Waals surface area contributed by atoms with Gasteiger partial charge in [0.2, 0.25) is 6.79 Å². The highest BCUT2D eigenvalue weighted by molar-refractivity contribution is 7.80. The van der Waals surface area contributed by atoms with Crippen LogP contribution in [-0.4, -0.2) is 23.7 Å². The van der Waals surface area contributed by atoms with E-state index < -0.39 is 5.91 Å². The van der Waals surface area contributed by atoms with Crippen molar-refractivity contribution in [2.45, 2.75) is 32.1 Å². The van der Waals surface area contributed by atoms with E-state index in [0.717, 1.165) is 37.7 Å². The number of aryl methyl sites for hydroxylation is 1. The lowest BCUT2D eigenvalue weighted by atomic mass is 10.1. The third-order valence-electron chi connectivity index (χ3n) is 4.76. The second kappa shape index (κ2) is 7.76. The molecule has 9 heteroatoms. The summed E-state index contributed by atoms with van der Waals surface area (Å²) >= 11 is 6.76. The molecule has 2 aromatic rings. The van der Waals surface area contributed by atoms with Gasteiger partial charge in [-0.1, -0.05) is 6.42 Å². The van der Waals surface area contributed by atoms with E-state index in [-0.39, 0.29) is 17.8 Å². The number of hydrogen-bond acceptors (Lipinski definition) is 6. The fourth-order valence-corrected chi connectivity index (χ4v) is 5.00. The lowest BCUT2D eigenvalue weighted by Crippen LogP contribution is -2.34. The van der Waals surface area contributed by atoms with Gasteiger partial charge in [0.1, 0.15) is 5.00 Å². The molecule has 4 N–H and O–H groups in total. The van der Waals surface area contributed by atoms with Crippen LogP contribution in [0.1, 0.15) is 50.4 Å². The second-order valence-electron chi connectivity index (χ2n) is 6.61. The Hall–Kier alpha value is -2.65. The van der Waals surface area contributed by atoms with Crippen LogP contribution in [0.25, 0.3) is 0 Å². The fourth-order valence-electron chi connectivity index (χ4n) is 3.44. The topological polar surface area (TPSA) is 103 Å². The molecule has 0 fully saturated rings. The Bertz CT molecular complexity index is 970. The van der Waals surface area contributed by atoms with Gasteiger partial charge in [0, 0.05) is 10.4 Å². The number of hydrogen-bond donors (Lipinski definition) is 3. The monoisotopic (exact) mass is 417 g/mol. The molecule has 2 amide bonds. The number of anilines is 1. The molecule has 4 rings (SSSR count). The molecule has 0 saturated heterocycles. The number of primary amides is 1. The molecular weight excluding hydrogens is 398 g/mol. The van der Waals surface area contributed by atoms with E-state index in [4.69, 9.17) is 27.4 Å². The molecular formula is C19H19N3O4S2. The van der Waals surface area contributed by atoms with Crippen LogP contribution in [0.3, 0.4) is 0 Å². The van der Waals surface area contributed by atoms with Gasteiger partial charge in [0.05, 0.1) is 5.56 Å². The van der Waals surface area contributed by atoms with E-state index in [1.165, 1.54) is 16.2 Å². The lowest BCUT2D eigenvalue weighted by molar-refractivity contribution is 0.0975. The molecule has 0 unspecified atom stereocenters. The maximum absolute atomic E-state index is 12.5. The molecule has 2 heterocycles. The number of nitrogens with one attached hydrogen (secondary N) is 2. The van der Waals surface area contributed by atoms with E-state index in [1.807, 2.05) is 0 Å². The standard InChI is InChI=1S/C19H19N3O4S2/c20-16(23)15-11-4-2-1-3-5-14(11)28-18(15)22-19(27)21-17(24)10-6-7-12-13(8-10)26-9-25-12/h6-8H,1-5,9H2,(H2,20,23)(H2,21,22,24,27). The van der Waals surface area contributed by atoms with Crippen molar-refractivity contribution in [1.29, 1.82) is 0 Å². The van der Waals surface area contributed by atoms with Crippen LogP contribution in [-0.2, 0) is 12.8 Å². The van der Waals surface area contributed by atoms with Gasteiger partial charge in [-0.2, -0.15) is 0 Å². The van der Waals surface area contributed by atoms with Gasteiger partial charge in [-0.25, -0.2) is 0 Å². The van der Waals surface area contributed by atoms with Gasteiger partial charge in [0.25, 0.3) is 11.8 Å². The first-order chi connectivity index (χ1) is 13.5. The lowest BCUT2D eigenvalue weighted by Gasteiger charge is -2.10. The average Bonchev–Trinajstić information content (AvgIpc) is 3.18. The molecule has 28 heavy (non-hydrogen) atoms. The summed E-state index contributed by atoms with van der Waals surface area (Å²) in [5.41, 5.74) is 7.52. The SMILES string of the molecule is NC(=O)c1c(NC(=S)NC(=O)c2ccc3c(c2)OCO3)sc2c1CCCCC2. The number of fused-ring (bicyclic) bond motifs is 2. The molecule has 0 radical (unpaired) electrons. The van der Waals surface area contributed by atoms with Crippen molar-refractivity contribution >= 4 is 45.5 Å². The van der Waals surface area contributed by atoms with Crippen molar-refractivity contribution < 1.29 is 19.1 Å².